The van der Waals surface area contributed by atoms with E-state index in [0.717, 1.165) is 30.2 Å². The van der Waals surface area contributed by atoms with Crippen molar-refractivity contribution in [3.8, 4) is 5.75 Å². The van der Waals surface area contributed by atoms with Gasteiger partial charge in [-0.2, -0.15) is 21.6 Å². The average molecular weight is 458 g/mol. The zero-order valence-corrected chi connectivity index (χ0v) is 18.5. The molecular formula is C22H26F3NO4S. The second-order valence-corrected chi connectivity index (χ2v) is 9.17. The van der Waals surface area contributed by atoms with Gasteiger partial charge in [-0.1, -0.05) is 39.0 Å². The predicted octanol–water partition coefficient (Wildman–Crippen LogP) is 5.26. The third-order valence-electron chi connectivity index (χ3n) is 4.35. The van der Waals surface area contributed by atoms with E-state index in [1.807, 2.05) is 20.8 Å². The fraction of sp³-hybridized carbons (Fsp3) is 0.409. The number of nitrogens with zero attached hydrogens (tertiary/aromatic N) is 1. The Hall–Kier alpha value is -2.55. The quantitative estimate of drug-likeness (QED) is 0.482. The van der Waals surface area contributed by atoms with E-state index < -0.39 is 26.8 Å². The summed E-state index contributed by atoms with van der Waals surface area (Å²) in [5, 5.41) is 0. The van der Waals surface area contributed by atoms with Crippen LogP contribution in [0.2, 0.25) is 0 Å². The van der Waals surface area contributed by atoms with Crippen molar-refractivity contribution in [1.82, 2.24) is 4.90 Å². The minimum Gasteiger partial charge on any atom is -0.379 e. The zero-order valence-electron chi connectivity index (χ0n) is 17.6. The molecule has 0 unspecified atom stereocenters. The minimum atomic E-state index is -4.66. The lowest BCUT2D eigenvalue weighted by molar-refractivity contribution is -0.137. The molecule has 2 rings (SSSR count). The van der Waals surface area contributed by atoms with Crippen molar-refractivity contribution < 1.29 is 30.6 Å². The molecule has 0 spiro atoms. The van der Waals surface area contributed by atoms with Crippen LogP contribution in [-0.2, 0) is 27.6 Å². The molecule has 9 heteroatoms. The van der Waals surface area contributed by atoms with Crippen LogP contribution in [0.1, 0.15) is 44.7 Å². The smallest absolute Gasteiger partial charge is 0.379 e. The van der Waals surface area contributed by atoms with Crippen molar-refractivity contribution in [2.45, 2.75) is 51.2 Å². The number of carbonyl (C=O) groups excluding carboxylic acids is 1. The van der Waals surface area contributed by atoms with Gasteiger partial charge in [0.1, 0.15) is 10.6 Å². The number of hydrogen-bond donors (Lipinski definition) is 0. The summed E-state index contributed by atoms with van der Waals surface area (Å²) in [4.78, 5) is 13.5. The van der Waals surface area contributed by atoms with E-state index in [-0.39, 0.29) is 11.7 Å². The van der Waals surface area contributed by atoms with Crippen LogP contribution in [0, 0.1) is 5.92 Å². The first-order chi connectivity index (χ1) is 14.4. The summed E-state index contributed by atoms with van der Waals surface area (Å²) in [6.45, 7) is 6.94. The molecule has 0 bridgehead atoms. The molecule has 1 amide bonds. The van der Waals surface area contributed by atoms with Crippen molar-refractivity contribution in [3.63, 3.8) is 0 Å². The highest BCUT2D eigenvalue weighted by molar-refractivity contribution is 7.87. The maximum Gasteiger partial charge on any atom is 0.416 e. The molecule has 31 heavy (non-hydrogen) atoms. The maximum absolute atomic E-state index is 12.9. The molecule has 0 saturated heterocycles. The minimum absolute atomic E-state index is 0.0311. The van der Waals surface area contributed by atoms with E-state index in [9.17, 15) is 26.4 Å². The molecule has 0 N–H and O–H groups in total. The highest BCUT2D eigenvalue weighted by Gasteiger charge is 2.32. The van der Waals surface area contributed by atoms with Gasteiger partial charge < -0.3 is 9.08 Å². The lowest BCUT2D eigenvalue weighted by atomic mass is 10.1. The van der Waals surface area contributed by atoms with Crippen LogP contribution < -0.4 is 4.18 Å². The van der Waals surface area contributed by atoms with Gasteiger partial charge in [-0.05, 0) is 48.2 Å². The molecule has 0 heterocycles. The van der Waals surface area contributed by atoms with Crippen molar-refractivity contribution in [2.24, 2.45) is 5.92 Å². The summed E-state index contributed by atoms with van der Waals surface area (Å²) >= 11 is 0. The molecule has 170 valence electrons. The van der Waals surface area contributed by atoms with Gasteiger partial charge in [0.15, 0.2) is 0 Å². The zero-order chi connectivity index (χ0) is 23.2. The number of hydrogen-bond acceptors (Lipinski definition) is 4. The Kier molecular flexibility index (Phi) is 8.11. The molecule has 2 aromatic carbocycles. The number of benzene rings is 2. The number of carbonyl (C=O) groups is 1. The molecule has 0 saturated carbocycles. The monoisotopic (exact) mass is 457 g/mol. The van der Waals surface area contributed by atoms with Gasteiger partial charge in [-0.3, -0.25) is 4.79 Å². The number of rotatable bonds is 9. The molecule has 5 nitrogen and oxygen atoms in total. The van der Waals surface area contributed by atoms with E-state index >= 15 is 0 Å². The van der Waals surface area contributed by atoms with Gasteiger partial charge in [-0.15, -0.1) is 0 Å². The second-order valence-electron chi connectivity index (χ2n) is 7.63. The Morgan fingerprint density at radius 2 is 1.74 bits per heavy atom. The van der Waals surface area contributed by atoms with E-state index in [1.54, 1.807) is 17.0 Å². The largest absolute Gasteiger partial charge is 0.416 e. The van der Waals surface area contributed by atoms with Crippen LogP contribution in [0.5, 0.6) is 5.75 Å². The van der Waals surface area contributed by atoms with Gasteiger partial charge in [-0.25, -0.2) is 0 Å². The molecule has 0 aliphatic rings. The first-order valence-electron chi connectivity index (χ1n) is 9.91. The van der Waals surface area contributed by atoms with E-state index in [1.165, 1.54) is 12.1 Å². The fourth-order valence-corrected chi connectivity index (χ4v) is 3.92. The third kappa shape index (κ3) is 7.27. The summed E-state index contributed by atoms with van der Waals surface area (Å²) in [5.74, 6) is 0.307. The third-order valence-corrected chi connectivity index (χ3v) is 5.60. The van der Waals surface area contributed by atoms with Crippen LogP contribution in [-0.4, -0.2) is 25.8 Å². The highest BCUT2D eigenvalue weighted by Crippen LogP contribution is 2.31. The van der Waals surface area contributed by atoms with Gasteiger partial charge in [0, 0.05) is 19.5 Å². The van der Waals surface area contributed by atoms with Gasteiger partial charge in [0.2, 0.25) is 5.91 Å². The fourth-order valence-electron chi connectivity index (χ4n) is 2.94. The summed E-state index contributed by atoms with van der Waals surface area (Å²) in [7, 11) is -4.43. The highest BCUT2D eigenvalue weighted by atomic mass is 32.2. The van der Waals surface area contributed by atoms with E-state index in [4.69, 9.17) is 4.18 Å². The molecule has 0 aromatic heterocycles. The first-order valence-corrected chi connectivity index (χ1v) is 11.3. The second kappa shape index (κ2) is 10.2. The first kappa shape index (κ1) is 24.7. The average Bonchev–Trinajstić information content (AvgIpc) is 2.68. The lowest BCUT2D eigenvalue weighted by Gasteiger charge is -2.25. The van der Waals surface area contributed by atoms with Crippen molar-refractivity contribution in [2.75, 3.05) is 6.54 Å². The molecule has 0 fully saturated rings. The van der Waals surface area contributed by atoms with Gasteiger partial charge in [0.05, 0.1) is 5.56 Å². The van der Waals surface area contributed by atoms with E-state index in [0.29, 0.717) is 31.5 Å². The van der Waals surface area contributed by atoms with Gasteiger partial charge in [0.25, 0.3) is 0 Å². The molecule has 0 radical (unpaired) electrons. The lowest BCUT2D eigenvalue weighted by Crippen LogP contribution is -2.33. The Morgan fingerprint density at radius 3 is 2.29 bits per heavy atom. The normalized spacial score (nSPS) is 12.1. The van der Waals surface area contributed by atoms with Crippen molar-refractivity contribution >= 4 is 16.0 Å². The van der Waals surface area contributed by atoms with Crippen LogP contribution >= 0.6 is 0 Å². The van der Waals surface area contributed by atoms with Crippen LogP contribution in [0.25, 0.3) is 0 Å². The van der Waals surface area contributed by atoms with Crippen molar-refractivity contribution in [1.29, 1.82) is 0 Å². The van der Waals surface area contributed by atoms with E-state index in [2.05, 4.69) is 0 Å². The van der Waals surface area contributed by atoms with Crippen molar-refractivity contribution in [3.05, 3.63) is 59.7 Å². The Balaban J connectivity index is 2.15. The molecule has 0 aliphatic carbocycles. The standard InChI is InChI=1S/C22H26F3NO4S/c1-4-6-21(27)26(14-16(2)3)15-17-9-11-19(12-10-17)30-31(28,29)20-8-5-7-18(13-20)22(23,24)25/h5,7-13,16H,4,6,14-15H2,1-3H3. The number of amides is 1. The number of halogens is 3. The molecule has 0 aliphatic heterocycles. The summed E-state index contributed by atoms with van der Waals surface area (Å²) in [6, 6.07) is 9.47. The molecule has 2 aromatic rings. The molecule has 0 atom stereocenters. The summed E-state index contributed by atoms with van der Waals surface area (Å²) in [5.41, 5.74) is -0.288. The Morgan fingerprint density at radius 1 is 1.10 bits per heavy atom. The Labute approximate surface area is 181 Å². The summed E-state index contributed by atoms with van der Waals surface area (Å²) in [6.07, 6.45) is -3.47. The predicted molar refractivity (Wildman–Crippen MR) is 111 cm³/mol. The van der Waals surface area contributed by atoms with Gasteiger partial charge >= 0.3 is 16.3 Å². The topological polar surface area (TPSA) is 63.7 Å². The maximum atomic E-state index is 12.9. The number of alkyl halides is 3. The molecular weight excluding hydrogens is 431 g/mol. The SMILES string of the molecule is CCCC(=O)N(Cc1ccc(OS(=O)(=O)c2cccc(C(F)(F)F)c2)cc1)CC(C)C. The van der Waals surface area contributed by atoms with Crippen LogP contribution in [0.15, 0.2) is 53.4 Å². The Bertz CT molecular complexity index is 987. The summed E-state index contributed by atoms with van der Waals surface area (Å²) < 4.78 is 68.3. The van der Waals surface area contributed by atoms with Crippen LogP contribution in [0.3, 0.4) is 0 Å². The van der Waals surface area contributed by atoms with Crippen LogP contribution in [0.4, 0.5) is 13.2 Å².